The van der Waals surface area contributed by atoms with Gasteiger partial charge in [0, 0.05) is 30.0 Å². The van der Waals surface area contributed by atoms with E-state index in [0.717, 1.165) is 48.6 Å². The lowest BCUT2D eigenvalue weighted by atomic mass is 10.0. The number of carbonyl (C=O) groups excluding carboxylic acids is 3. The zero-order valence-electron chi connectivity index (χ0n) is 27.5. The maximum Gasteiger partial charge on any atom is 0.307 e. The van der Waals surface area contributed by atoms with E-state index in [1.54, 1.807) is 44.5 Å². The second-order valence-electron chi connectivity index (χ2n) is 12.3. The van der Waals surface area contributed by atoms with Crippen molar-refractivity contribution in [3.05, 3.63) is 80.1 Å². The van der Waals surface area contributed by atoms with E-state index in [9.17, 15) is 19.5 Å². The van der Waals surface area contributed by atoms with Gasteiger partial charge in [-0.2, -0.15) is 0 Å². The minimum absolute atomic E-state index is 0.0128. The van der Waals surface area contributed by atoms with E-state index in [1.165, 1.54) is 24.9 Å². The molecule has 0 spiro atoms. The molecule has 0 radical (unpaired) electrons. The van der Waals surface area contributed by atoms with E-state index in [1.807, 2.05) is 4.90 Å². The van der Waals surface area contributed by atoms with Crippen molar-refractivity contribution in [2.75, 3.05) is 31.7 Å². The van der Waals surface area contributed by atoms with Gasteiger partial charge < -0.3 is 30.7 Å². The van der Waals surface area contributed by atoms with Crippen molar-refractivity contribution in [1.82, 2.24) is 29.3 Å². The van der Waals surface area contributed by atoms with Gasteiger partial charge in [-0.3, -0.25) is 19.9 Å². The summed E-state index contributed by atoms with van der Waals surface area (Å²) < 4.78 is 20.9. The number of oxime groups is 1. The van der Waals surface area contributed by atoms with Crippen LogP contribution in [-0.2, 0) is 32.3 Å². The number of carboxylic acids is 1. The summed E-state index contributed by atoms with van der Waals surface area (Å²) in [5.74, 6) is -3.01. The maximum absolute atomic E-state index is 15.5. The van der Waals surface area contributed by atoms with E-state index in [2.05, 4.69) is 15.5 Å². The van der Waals surface area contributed by atoms with Crippen LogP contribution in [0.25, 0.3) is 5.65 Å². The van der Waals surface area contributed by atoms with Crippen LogP contribution in [0.1, 0.15) is 36.1 Å². The number of likely N-dealkylation sites (tertiary alicyclic amines) is 1. The standard InChI is InChI=1S/C32H31Cl2FN10O5S2/c1-50-40-23(22-26(34)52-32(37)39-22)28(46)38-24-29(47)45-25(31(48)49)17(15-51-30(24)45)13-43-8-5-21-42(9-10-44(21)43)14-18-19(33)11-16(12-20(18)35)27(36)41-6-3-2-4-7-41/h5,8-12,24,30,36H,2-4,6-7,13-15H2,1H3,(H3-,37,38,39,46,48,49)/b36-27?,40-23-/t24-,30-/m1/s1. The van der Waals surface area contributed by atoms with Crippen LogP contribution in [0, 0.1) is 11.2 Å². The maximum atomic E-state index is 15.5. The predicted molar refractivity (Wildman–Crippen MR) is 190 cm³/mol. The fourth-order valence-corrected chi connectivity index (χ4v) is 9.14. The zero-order valence-corrected chi connectivity index (χ0v) is 30.6. The van der Waals surface area contributed by atoms with Crippen molar-refractivity contribution in [1.29, 1.82) is 5.41 Å². The predicted octanol–water partition coefficient (Wildman–Crippen LogP) is 1.83. The monoisotopic (exact) mass is 788 g/mol. The number of benzene rings is 1. The minimum atomic E-state index is -1.53. The Balaban J connectivity index is 1.07. The fourth-order valence-electron chi connectivity index (χ4n) is 6.61. The van der Waals surface area contributed by atoms with Gasteiger partial charge in [-0.05, 0) is 37.0 Å². The van der Waals surface area contributed by atoms with Crippen LogP contribution in [-0.4, -0.2) is 90.7 Å². The van der Waals surface area contributed by atoms with E-state index in [4.69, 9.17) is 39.2 Å². The summed E-state index contributed by atoms with van der Waals surface area (Å²) in [6.45, 7) is 1.73. The Morgan fingerprint density at radius 3 is 2.69 bits per heavy atom. The fraction of sp³-hybridized carbons (Fsp3) is 0.344. The molecular weight excluding hydrogens is 758 g/mol. The number of carboxylic acid groups (broad SMARTS) is 1. The molecule has 1 aromatic carbocycles. The number of nitrogens with two attached hydrogens (primary N) is 1. The molecule has 0 unspecified atom stereocenters. The third kappa shape index (κ3) is 6.48. The average molecular weight is 790 g/mol. The van der Waals surface area contributed by atoms with Gasteiger partial charge in [0.1, 0.15) is 53.0 Å². The number of aromatic nitrogens is 4. The first-order valence-corrected chi connectivity index (χ1v) is 18.7. The molecule has 2 amide bonds. The van der Waals surface area contributed by atoms with Crippen LogP contribution in [0.4, 0.5) is 9.52 Å². The molecule has 2 atom stereocenters. The van der Waals surface area contributed by atoms with Crippen molar-refractivity contribution < 1.29 is 33.3 Å². The van der Waals surface area contributed by atoms with Gasteiger partial charge in [-0.1, -0.05) is 39.7 Å². The number of nitrogens with zero attached hydrogens (tertiary/aromatic N) is 7. The van der Waals surface area contributed by atoms with Gasteiger partial charge in [0.05, 0.1) is 35.5 Å². The molecule has 0 bridgehead atoms. The lowest BCUT2D eigenvalue weighted by Gasteiger charge is -2.50. The lowest BCUT2D eigenvalue weighted by molar-refractivity contribution is -0.662. The second kappa shape index (κ2) is 14.4. The summed E-state index contributed by atoms with van der Waals surface area (Å²) in [4.78, 5) is 50.8. The highest BCUT2D eigenvalue weighted by molar-refractivity contribution is 8.00. The van der Waals surface area contributed by atoms with Crippen LogP contribution in [0.5, 0.6) is 0 Å². The summed E-state index contributed by atoms with van der Waals surface area (Å²) in [5.41, 5.74) is 6.94. The Kier molecular flexibility index (Phi) is 9.90. The average Bonchev–Trinajstić information content (AvgIpc) is 3.82. The van der Waals surface area contributed by atoms with E-state index >= 15 is 4.39 Å². The number of amidine groups is 1. The summed E-state index contributed by atoms with van der Waals surface area (Å²) in [7, 11) is 1.23. The highest BCUT2D eigenvalue weighted by atomic mass is 35.5. The number of nitrogens with one attached hydrogen (secondary N) is 2. The number of nitrogen functional groups attached to an aromatic ring is 1. The topological polar surface area (TPSA) is 190 Å². The highest BCUT2D eigenvalue weighted by Gasteiger charge is 2.53. The molecule has 3 aliphatic rings. The first kappa shape index (κ1) is 35.7. The molecule has 2 fully saturated rings. The number of aliphatic carboxylic acids is 1. The van der Waals surface area contributed by atoms with E-state index in [0.29, 0.717) is 16.8 Å². The molecule has 0 saturated carbocycles. The zero-order chi connectivity index (χ0) is 36.8. The number of β-lactam (4-membered cyclic amide) rings is 1. The van der Waals surface area contributed by atoms with Crippen LogP contribution in [0.15, 0.2) is 53.2 Å². The van der Waals surface area contributed by atoms with E-state index < -0.39 is 35.0 Å². The number of hydrogen-bond donors (Lipinski definition) is 3. The Morgan fingerprint density at radius 2 is 2.02 bits per heavy atom. The Bertz CT molecular complexity index is 2170. The molecule has 272 valence electrons. The van der Waals surface area contributed by atoms with Gasteiger partial charge in [0.15, 0.2) is 17.0 Å². The quantitative estimate of drug-likeness (QED) is 0.0708. The van der Waals surface area contributed by atoms with Gasteiger partial charge in [0.2, 0.25) is 0 Å². The van der Waals surface area contributed by atoms with Gasteiger partial charge in [-0.25, -0.2) is 18.6 Å². The van der Waals surface area contributed by atoms with Crippen LogP contribution < -0.4 is 20.7 Å². The minimum Gasteiger partial charge on any atom is -0.543 e. The van der Waals surface area contributed by atoms with E-state index in [-0.39, 0.29) is 61.8 Å². The number of rotatable bonds is 10. The van der Waals surface area contributed by atoms with Crippen molar-refractivity contribution >= 4 is 86.4 Å². The number of thiazole rings is 1. The third-order valence-electron chi connectivity index (χ3n) is 9.11. The van der Waals surface area contributed by atoms with Gasteiger partial charge >= 0.3 is 5.65 Å². The molecule has 52 heavy (non-hydrogen) atoms. The number of fused-ring (bicyclic) bond motifs is 2. The van der Waals surface area contributed by atoms with Crippen LogP contribution >= 0.6 is 46.3 Å². The van der Waals surface area contributed by atoms with Gasteiger partial charge in [0.25, 0.3) is 11.8 Å². The molecule has 4 N–H and O–H groups in total. The van der Waals surface area contributed by atoms with Gasteiger partial charge in [-0.15, -0.1) is 16.3 Å². The Morgan fingerprint density at radius 1 is 1.25 bits per heavy atom. The number of piperidine rings is 1. The summed E-state index contributed by atoms with van der Waals surface area (Å²) in [6, 6.07) is 3.71. The first-order chi connectivity index (χ1) is 25.0. The summed E-state index contributed by atoms with van der Waals surface area (Å²) in [6.07, 6.45) is 8.36. The second-order valence-corrected chi connectivity index (χ2v) is 15.4. The van der Waals surface area contributed by atoms with Crippen molar-refractivity contribution in [3.8, 4) is 0 Å². The largest absolute Gasteiger partial charge is 0.543 e. The van der Waals surface area contributed by atoms with Crippen LogP contribution in [0.3, 0.4) is 0 Å². The molecule has 0 aliphatic carbocycles. The number of carbonyl (C=O) groups is 3. The number of imidazole rings is 1. The number of amides is 2. The number of thioether (sulfide) groups is 1. The molecular formula is C32H31Cl2FN10O5S2. The number of anilines is 1. The first-order valence-electron chi connectivity index (χ1n) is 16.1. The molecule has 7 rings (SSSR count). The Labute approximate surface area is 313 Å². The molecule has 4 aromatic rings. The van der Waals surface area contributed by atoms with Crippen LogP contribution in [0.2, 0.25) is 9.36 Å². The SMILES string of the molecule is CO/N=C(\C(=O)N[C@@H]1C(=O)N2C(C(=O)[O-])=C(Cn3ccc4n3cc[n+]4Cc3c(F)cc(C(=N)N4CCCCC4)cc3Cl)CS[C@H]12)c1nc(N)sc1Cl. The van der Waals surface area contributed by atoms with Crippen molar-refractivity contribution in [2.45, 2.75) is 43.8 Å². The third-order valence-corrected chi connectivity index (χ3v) is 11.9. The number of hydrogen-bond acceptors (Lipinski definition) is 11. The highest BCUT2D eigenvalue weighted by Crippen LogP contribution is 2.40. The molecule has 2 saturated heterocycles. The molecule has 6 heterocycles. The lowest BCUT2D eigenvalue weighted by Crippen LogP contribution is -2.71. The normalized spacial score (nSPS) is 19.2. The Hall–Kier alpha value is -4.65. The molecule has 3 aromatic heterocycles. The molecule has 3 aliphatic heterocycles. The number of halogens is 3. The summed E-state index contributed by atoms with van der Waals surface area (Å²) in [5, 5.41) is 26.9. The van der Waals surface area contributed by atoms with Crippen molar-refractivity contribution in [3.63, 3.8) is 0 Å². The summed E-state index contributed by atoms with van der Waals surface area (Å²) >= 11 is 15.0. The molecule has 20 heteroatoms. The smallest absolute Gasteiger partial charge is 0.307 e. The van der Waals surface area contributed by atoms with Crippen molar-refractivity contribution in [2.24, 2.45) is 5.16 Å². The molecule has 15 nitrogen and oxygen atoms in total.